The standard InChI is InChI=1S/C19H36FNO2Si2/c1-15(2)24(6,7)22-13-12-18(17-11-10-16(20)14-21-17)23-25(8,9)19(3,4)5/h10-11,14-15,18H,12-13H2,1-9H3. The van der Waals surface area contributed by atoms with E-state index in [1.807, 2.05) is 0 Å². The quantitative estimate of drug-likeness (QED) is 0.492. The minimum Gasteiger partial charge on any atom is -0.417 e. The molecule has 1 atom stereocenters. The summed E-state index contributed by atoms with van der Waals surface area (Å²) in [6.45, 7) is 20.7. The van der Waals surface area contributed by atoms with Crippen LogP contribution in [0.15, 0.2) is 18.3 Å². The van der Waals surface area contributed by atoms with Gasteiger partial charge in [0.1, 0.15) is 5.82 Å². The second kappa shape index (κ2) is 8.42. The first-order valence-electron chi connectivity index (χ1n) is 9.19. The highest BCUT2D eigenvalue weighted by Gasteiger charge is 2.40. The van der Waals surface area contributed by atoms with E-state index in [0.717, 1.165) is 12.1 Å². The number of nitrogens with zero attached hydrogens (tertiary/aromatic N) is 1. The molecule has 0 saturated heterocycles. The maximum atomic E-state index is 13.3. The second-order valence-corrected chi connectivity index (χ2v) is 18.6. The number of hydrogen-bond acceptors (Lipinski definition) is 3. The predicted octanol–water partition coefficient (Wildman–Crippen LogP) is 6.31. The van der Waals surface area contributed by atoms with Crippen LogP contribution in [0.1, 0.15) is 52.8 Å². The van der Waals surface area contributed by atoms with E-state index in [-0.39, 0.29) is 17.0 Å². The Hall–Kier alpha value is -0.566. The molecule has 1 rings (SSSR count). The van der Waals surface area contributed by atoms with Gasteiger partial charge in [-0.2, -0.15) is 0 Å². The molecule has 3 nitrogen and oxygen atoms in total. The highest BCUT2D eigenvalue weighted by Crippen LogP contribution is 2.40. The van der Waals surface area contributed by atoms with Gasteiger partial charge in [0.15, 0.2) is 16.6 Å². The second-order valence-electron chi connectivity index (χ2n) is 9.16. The van der Waals surface area contributed by atoms with Crippen molar-refractivity contribution in [2.75, 3.05) is 6.61 Å². The maximum Gasteiger partial charge on any atom is 0.192 e. The van der Waals surface area contributed by atoms with Crippen LogP contribution < -0.4 is 0 Å². The molecule has 6 heteroatoms. The monoisotopic (exact) mass is 385 g/mol. The zero-order valence-electron chi connectivity index (χ0n) is 17.4. The molecule has 1 aromatic heterocycles. The first kappa shape index (κ1) is 22.5. The van der Waals surface area contributed by atoms with Crippen molar-refractivity contribution in [3.63, 3.8) is 0 Å². The number of aromatic nitrogens is 1. The predicted molar refractivity (Wildman–Crippen MR) is 108 cm³/mol. The van der Waals surface area contributed by atoms with Gasteiger partial charge in [0, 0.05) is 13.0 Å². The summed E-state index contributed by atoms with van der Waals surface area (Å²) < 4.78 is 26.1. The topological polar surface area (TPSA) is 31.4 Å². The van der Waals surface area contributed by atoms with Crippen molar-refractivity contribution in [2.45, 2.75) is 83.9 Å². The van der Waals surface area contributed by atoms with Gasteiger partial charge in [-0.15, -0.1) is 0 Å². The average Bonchev–Trinajstić information content (AvgIpc) is 2.45. The maximum absolute atomic E-state index is 13.3. The lowest BCUT2D eigenvalue weighted by Crippen LogP contribution is -2.42. The molecule has 0 fully saturated rings. The van der Waals surface area contributed by atoms with Crippen LogP contribution in [0.25, 0.3) is 0 Å². The molecule has 0 amide bonds. The Morgan fingerprint density at radius 2 is 1.72 bits per heavy atom. The third-order valence-electron chi connectivity index (χ3n) is 5.57. The molecule has 1 aromatic rings. The van der Waals surface area contributed by atoms with E-state index in [9.17, 15) is 4.39 Å². The Labute approximate surface area is 155 Å². The van der Waals surface area contributed by atoms with E-state index in [4.69, 9.17) is 8.85 Å². The number of hydrogen-bond donors (Lipinski definition) is 0. The number of pyridine rings is 1. The lowest BCUT2D eigenvalue weighted by atomic mass is 10.2. The fraction of sp³-hybridized carbons (Fsp3) is 0.737. The lowest BCUT2D eigenvalue weighted by molar-refractivity contribution is 0.140. The van der Waals surface area contributed by atoms with E-state index in [1.54, 1.807) is 6.07 Å². The first-order valence-corrected chi connectivity index (χ1v) is 15.1. The van der Waals surface area contributed by atoms with Crippen molar-refractivity contribution in [1.82, 2.24) is 4.98 Å². The van der Waals surface area contributed by atoms with E-state index in [0.29, 0.717) is 12.1 Å². The fourth-order valence-electron chi connectivity index (χ4n) is 1.97. The van der Waals surface area contributed by atoms with Crippen LogP contribution in [-0.4, -0.2) is 28.2 Å². The summed E-state index contributed by atoms with van der Waals surface area (Å²) in [5.74, 6) is -0.320. The summed E-state index contributed by atoms with van der Waals surface area (Å²) >= 11 is 0. The molecule has 0 spiro atoms. The Morgan fingerprint density at radius 3 is 2.16 bits per heavy atom. The summed E-state index contributed by atoms with van der Waals surface area (Å²) in [5.41, 5.74) is 1.36. The molecule has 1 heterocycles. The molecule has 144 valence electrons. The summed E-state index contributed by atoms with van der Waals surface area (Å²) in [6, 6.07) is 3.19. The van der Waals surface area contributed by atoms with Gasteiger partial charge in [-0.05, 0) is 48.9 Å². The third-order valence-corrected chi connectivity index (χ3v) is 13.8. The van der Waals surface area contributed by atoms with Crippen LogP contribution in [-0.2, 0) is 8.85 Å². The van der Waals surface area contributed by atoms with Crippen molar-refractivity contribution in [2.24, 2.45) is 0 Å². The van der Waals surface area contributed by atoms with E-state index < -0.39 is 16.6 Å². The van der Waals surface area contributed by atoms with Crippen molar-refractivity contribution in [1.29, 1.82) is 0 Å². The normalized spacial score (nSPS) is 14.8. The Morgan fingerprint density at radius 1 is 1.12 bits per heavy atom. The molecule has 0 aliphatic heterocycles. The van der Waals surface area contributed by atoms with Gasteiger partial charge in [0.25, 0.3) is 0 Å². The largest absolute Gasteiger partial charge is 0.417 e. The van der Waals surface area contributed by atoms with Crippen LogP contribution in [0.2, 0.25) is 36.8 Å². The van der Waals surface area contributed by atoms with Crippen LogP contribution in [0, 0.1) is 5.82 Å². The molecule has 0 N–H and O–H groups in total. The van der Waals surface area contributed by atoms with Crippen molar-refractivity contribution >= 4 is 16.6 Å². The molecule has 0 aliphatic rings. The van der Waals surface area contributed by atoms with Crippen LogP contribution >= 0.6 is 0 Å². The highest BCUT2D eigenvalue weighted by molar-refractivity contribution is 6.74. The lowest BCUT2D eigenvalue weighted by Gasteiger charge is -2.39. The van der Waals surface area contributed by atoms with Crippen molar-refractivity contribution in [3.05, 3.63) is 29.8 Å². The highest BCUT2D eigenvalue weighted by atomic mass is 28.4. The van der Waals surface area contributed by atoms with Crippen LogP contribution in [0.4, 0.5) is 4.39 Å². The van der Waals surface area contributed by atoms with Gasteiger partial charge < -0.3 is 8.85 Å². The molecule has 0 aromatic carbocycles. The van der Waals surface area contributed by atoms with E-state index in [2.05, 4.69) is 65.8 Å². The minimum absolute atomic E-state index is 0.109. The minimum atomic E-state index is -1.96. The molecule has 0 aliphatic carbocycles. The Balaban J connectivity index is 2.91. The molecular formula is C19H36FNO2Si2. The van der Waals surface area contributed by atoms with Crippen LogP contribution in [0.3, 0.4) is 0 Å². The van der Waals surface area contributed by atoms with Gasteiger partial charge in [0.2, 0.25) is 0 Å². The zero-order chi connectivity index (χ0) is 19.5. The summed E-state index contributed by atoms with van der Waals surface area (Å²) in [4.78, 5) is 4.27. The average molecular weight is 386 g/mol. The molecule has 1 unspecified atom stereocenters. The fourth-order valence-corrected chi connectivity index (χ4v) is 4.25. The van der Waals surface area contributed by atoms with Gasteiger partial charge >= 0.3 is 0 Å². The van der Waals surface area contributed by atoms with Crippen molar-refractivity contribution in [3.8, 4) is 0 Å². The van der Waals surface area contributed by atoms with Crippen LogP contribution in [0.5, 0.6) is 0 Å². The SMILES string of the molecule is CC(C)[Si](C)(C)OCCC(O[Si](C)(C)C(C)(C)C)c1ccc(F)cn1. The van der Waals surface area contributed by atoms with E-state index >= 15 is 0 Å². The molecule has 0 bridgehead atoms. The third kappa shape index (κ3) is 6.58. The Kier molecular flexibility index (Phi) is 7.57. The van der Waals surface area contributed by atoms with Gasteiger partial charge in [-0.1, -0.05) is 34.6 Å². The van der Waals surface area contributed by atoms with Gasteiger partial charge in [-0.25, -0.2) is 4.39 Å². The number of halogens is 1. The summed E-state index contributed by atoms with van der Waals surface area (Å²) in [6.07, 6.45) is 1.86. The molecule has 0 saturated carbocycles. The molecule has 0 radical (unpaired) electrons. The summed E-state index contributed by atoms with van der Waals surface area (Å²) in [7, 11) is -3.64. The molecule has 25 heavy (non-hydrogen) atoms. The number of rotatable bonds is 8. The Bertz CT molecular complexity index is 539. The van der Waals surface area contributed by atoms with Gasteiger partial charge in [-0.3, -0.25) is 4.98 Å². The smallest absolute Gasteiger partial charge is 0.192 e. The van der Waals surface area contributed by atoms with Crippen molar-refractivity contribution < 1.29 is 13.2 Å². The van der Waals surface area contributed by atoms with Gasteiger partial charge in [0.05, 0.1) is 18.0 Å². The summed E-state index contributed by atoms with van der Waals surface area (Å²) in [5, 5.41) is 0.109. The zero-order valence-corrected chi connectivity index (χ0v) is 19.4. The van der Waals surface area contributed by atoms with E-state index in [1.165, 1.54) is 12.3 Å². The first-order chi connectivity index (χ1) is 11.3. The molecular weight excluding hydrogens is 349 g/mol.